The summed E-state index contributed by atoms with van der Waals surface area (Å²) in [5.41, 5.74) is 0. The summed E-state index contributed by atoms with van der Waals surface area (Å²) in [6.45, 7) is 8.84. The number of amides is 1. The topological polar surface area (TPSA) is 44.4 Å². The first-order chi connectivity index (χ1) is 9.20. The molecule has 4 heteroatoms. The molecule has 110 valence electrons. The third-order valence-electron chi connectivity index (χ3n) is 4.62. The second-order valence-electron chi connectivity index (χ2n) is 6.12. The number of nitrogens with zero attached hydrogens (tertiary/aromatic N) is 1. The van der Waals surface area contributed by atoms with Gasteiger partial charge in [-0.15, -0.1) is 0 Å². The third-order valence-corrected chi connectivity index (χ3v) is 4.62. The molecule has 0 aromatic carbocycles. The molecule has 2 aliphatic rings. The molecular formula is C15H29N3O. The van der Waals surface area contributed by atoms with Gasteiger partial charge in [0, 0.05) is 25.2 Å². The van der Waals surface area contributed by atoms with Crippen LogP contribution in [-0.4, -0.2) is 49.1 Å². The van der Waals surface area contributed by atoms with Gasteiger partial charge in [0.2, 0.25) is 5.91 Å². The smallest absolute Gasteiger partial charge is 0.224 e. The van der Waals surface area contributed by atoms with E-state index in [-0.39, 0.29) is 11.8 Å². The van der Waals surface area contributed by atoms with Gasteiger partial charge < -0.3 is 15.5 Å². The molecule has 0 aromatic heterocycles. The molecule has 0 aliphatic carbocycles. The first-order valence-corrected chi connectivity index (χ1v) is 7.96. The molecule has 2 atom stereocenters. The van der Waals surface area contributed by atoms with Gasteiger partial charge in [-0.3, -0.25) is 4.79 Å². The average Bonchev–Trinajstić information content (AvgIpc) is 2.84. The summed E-state index contributed by atoms with van der Waals surface area (Å²) < 4.78 is 0. The molecule has 2 aliphatic heterocycles. The fourth-order valence-corrected chi connectivity index (χ4v) is 3.21. The molecule has 0 aromatic rings. The van der Waals surface area contributed by atoms with Gasteiger partial charge in [-0.2, -0.15) is 0 Å². The summed E-state index contributed by atoms with van der Waals surface area (Å²) in [6.07, 6.45) is 5.78. The summed E-state index contributed by atoms with van der Waals surface area (Å²) in [5.74, 6) is 0.447. The van der Waals surface area contributed by atoms with E-state index in [1.54, 1.807) is 0 Å². The van der Waals surface area contributed by atoms with Crippen molar-refractivity contribution in [3.05, 3.63) is 0 Å². The highest BCUT2D eigenvalue weighted by Gasteiger charge is 2.31. The van der Waals surface area contributed by atoms with E-state index in [9.17, 15) is 4.79 Å². The van der Waals surface area contributed by atoms with Gasteiger partial charge >= 0.3 is 0 Å². The minimum absolute atomic E-state index is 0.179. The van der Waals surface area contributed by atoms with Crippen LogP contribution in [0.15, 0.2) is 0 Å². The van der Waals surface area contributed by atoms with Crippen molar-refractivity contribution < 1.29 is 4.79 Å². The summed E-state index contributed by atoms with van der Waals surface area (Å²) >= 11 is 0. The molecule has 0 radical (unpaired) electrons. The molecule has 2 N–H and O–H groups in total. The molecule has 2 rings (SSSR count). The number of unbranched alkanes of at least 4 members (excludes halogenated alkanes) is 1. The van der Waals surface area contributed by atoms with Crippen molar-refractivity contribution in [2.75, 3.05) is 26.2 Å². The average molecular weight is 267 g/mol. The Bertz CT molecular complexity index is 287. The van der Waals surface area contributed by atoms with Crippen molar-refractivity contribution in [1.29, 1.82) is 0 Å². The highest BCUT2D eigenvalue weighted by atomic mass is 16.2. The Morgan fingerprint density at radius 1 is 1.32 bits per heavy atom. The highest BCUT2D eigenvalue weighted by Crippen LogP contribution is 2.17. The van der Waals surface area contributed by atoms with E-state index >= 15 is 0 Å². The second kappa shape index (κ2) is 7.25. The quantitative estimate of drug-likeness (QED) is 0.790. The number of hydrogen-bond donors (Lipinski definition) is 2. The zero-order chi connectivity index (χ0) is 13.7. The Hall–Kier alpha value is -0.610. The largest absolute Gasteiger partial charge is 0.353 e. The molecule has 19 heavy (non-hydrogen) atoms. The van der Waals surface area contributed by atoms with Crippen LogP contribution in [-0.2, 0) is 4.79 Å². The lowest BCUT2D eigenvalue weighted by atomic mass is 9.98. The first-order valence-electron chi connectivity index (χ1n) is 7.96. The van der Waals surface area contributed by atoms with E-state index in [1.807, 2.05) is 0 Å². The van der Waals surface area contributed by atoms with Crippen LogP contribution in [0.3, 0.4) is 0 Å². The molecule has 1 amide bonds. The Morgan fingerprint density at radius 2 is 2.05 bits per heavy atom. The maximum absolute atomic E-state index is 12.2. The second-order valence-corrected chi connectivity index (χ2v) is 6.12. The van der Waals surface area contributed by atoms with E-state index in [4.69, 9.17) is 0 Å². The lowest BCUT2D eigenvalue weighted by Crippen LogP contribution is -2.47. The Morgan fingerprint density at radius 3 is 2.63 bits per heavy atom. The molecule has 2 saturated heterocycles. The molecule has 0 bridgehead atoms. The summed E-state index contributed by atoms with van der Waals surface area (Å²) in [4.78, 5) is 14.7. The van der Waals surface area contributed by atoms with Gasteiger partial charge in [-0.1, -0.05) is 13.3 Å². The van der Waals surface area contributed by atoms with Crippen molar-refractivity contribution in [2.24, 2.45) is 5.92 Å². The van der Waals surface area contributed by atoms with Gasteiger partial charge in [-0.25, -0.2) is 0 Å². The normalized spacial score (nSPS) is 29.6. The number of carbonyl (C=O) groups is 1. The molecule has 4 nitrogen and oxygen atoms in total. The standard InChI is InChI=1S/C15H29N3O/c1-3-4-9-18-10-6-13(7-11-18)17-15(19)14-5-8-16-12(14)2/h12-14,16H,3-11H2,1-2H3,(H,17,19). The van der Waals surface area contributed by atoms with E-state index in [1.165, 1.54) is 19.4 Å². The number of nitrogens with one attached hydrogen (secondary N) is 2. The Labute approximate surface area is 117 Å². The Balaban J connectivity index is 1.69. The monoisotopic (exact) mass is 267 g/mol. The molecular weight excluding hydrogens is 238 g/mol. The third kappa shape index (κ3) is 4.18. The SMILES string of the molecule is CCCCN1CCC(NC(=O)C2CCNC2C)CC1. The van der Waals surface area contributed by atoms with Crippen LogP contribution in [0.25, 0.3) is 0 Å². The number of likely N-dealkylation sites (tertiary alicyclic amines) is 1. The van der Waals surface area contributed by atoms with Crippen LogP contribution in [0.1, 0.15) is 46.0 Å². The number of piperidine rings is 1. The zero-order valence-electron chi connectivity index (χ0n) is 12.5. The van der Waals surface area contributed by atoms with Gasteiger partial charge in [0.05, 0.1) is 5.92 Å². The summed E-state index contributed by atoms with van der Waals surface area (Å²) in [6, 6.07) is 0.739. The van der Waals surface area contributed by atoms with Crippen LogP contribution in [0, 0.1) is 5.92 Å². The van der Waals surface area contributed by atoms with Crippen LogP contribution in [0.4, 0.5) is 0 Å². The minimum Gasteiger partial charge on any atom is -0.353 e. The van der Waals surface area contributed by atoms with Crippen molar-refractivity contribution in [3.8, 4) is 0 Å². The lowest BCUT2D eigenvalue weighted by Gasteiger charge is -2.33. The maximum Gasteiger partial charge on any atom is 0.224 e. The zero-order valence-corrected chi connectivity index (χ0v) is 12.5. The fraction of sp³-hybridized carbons (Fsp3) is 0.933. The molecule has 2 heterocycles. The lowest BCUT2D eigenvalue weighted by molar-refractivity contribution is -0.126. The van der Waals surface area contributed by atoms with Crippen molar-refractivity contribution in [1.82, 2.24) is 15.5 Å². The summed E-state index contributed by atoms with van der Waals surface area (Å²) in [5, 5.41) is 6.61. The summed E-state index contributed by atoms with van der Waals surface area (Å²) in [7, 11) is 0. The predicted molar refractivity (Wildman–Crippen MR) is 78.1 cm³/mol. The minimum atomic E-state index is 0.179. The first kappa shape index (κ1) is 14.8. The van der Waals surface area contributed by atoms with Gasteiger partial charge in [0.15, 0.2) is 0 Å². The van der Waals surface area contributed by atoms with Crippen LogP contribution < -0.4 is 10.6 Å². The van der Waals surface area contributed by atoms with E-state index in [0.29, 0.717) is 12.1 Å². The molecule has 0 spiro atoms. The van der Waals surface area contributed by atoms with E-state index < -0.39 is 0 Å². The van der Waals surface area contributed by atoms with Crippen LogP contribution in [0.5, 0.6) is 0 Å². The van der Waals surface area contributed by atoms with E-state index in [0.717, 1.165) is 38.9 Å². The van der Waals surface area contributed by atoms with Crippen molar-refractivity contribution in [3.63, 3.8) is 0 Å². The van der Waals surface area contributed by atoms with Gasteiger partial charge in [0.25, 0.3) is 0 Å². The predicted octanol–water partition coefficient (Wildman–Crippen LogP) is 1.37. The number of carbonyl (C=O) groups excluding carboxylic acids is 1. The number of hydrogen-bond acceptors (Lipinski definition) is 3. The van der Waals surface area contributed by atoms with Gasteiger partial charge in [-0.05, 0) is 45.7 Å². The molecule has 0 saturated carbocycles. The fourth-order valence-electron chi connectivity index (χ4n) is 3.21. The maximum atomic E-state index is 12.2. The van der Waals surface area contributed by atoms with E-state index in [2.05, 4.69) is 29.4 Å². The van der Waals surface area contributed by atoms with Crippen molar-refractivity contribution >= 4 is 5.91 Å². The number of rotatable bonds is 5. The van der Waals surface area contributed by atoms with Crippen LogP contribution >= 0.6 is 0 Å². The van der Waals surface area contributed by atoms with Crippen LogP contribution in [0.2, 0.25) is 0 Å². The Kier molecular flexibility index (Phi) is 5.64. The molecule has 2 fully saturated rings. The highest BCUT2D eigenvalue weighted by molar-refractivity contribution is 5.80. The van der Waals surface area contributed by atoms with Crippen molar-refractivity contribution in [2.45, 2.75) is 58.0 Å². The molecule has 2 unspecified atom stereocenters. The van der Waals surface area contributed by atoms with Gasteiger partial charge in [0.1, 0.15) is 0 Å².